The first kappa shape index (κ1) is 13.0. The second-order valence-corrected chi connectivity index (χ2v) is 5.62. The highest BCUT2D eigenvalue weighted by molar-refractivity contribution is 7.99. The number of para-hydroxylation sites is 1. The molecule has 19 heavy (non-hydrogen) atoms. The summed E-state index contributed by atoms with van der Waals surface area (Å²) in [7, 11) is 0. The molecule has 0 radical (unpaired) electrons. The van der Waals surface area contributed by atoms with Gasteiger partial charge in [-0.25, -0.2) is 14.4 Å². The number of aromatic nitrogens is 2. The van der Waals surface area contributed by atoms with Gasteiger partial charge in [-0.1, -0.05) is 35.3 Å². The van der Waals surface area contributed by atoms with Gasteiger partial charge in [0.1, 0.15) is 5.75 Å². The molecule has 0 bridgehead atoms. The number of nitrogens with zero attached hydrogens (tertiary/aromatic N) is 2. The maximum atomic E-state index is 13.3. The van der Waals surface area contributed by atoms with E-state index in [2.05, 4.69) is 9.97 Å². The van der Waals surface area contributed by atoms with Crippen LogP contribution in [0.4, 0.5) is 4.39 Å². The average molecular weight is 317 g/mol. The van der Waals surface area contributed by atoms with Crippen molar-refractivity contribution in [2.24, 2.45) is 0 Å². The van der Waals surface area contributed by atoms with Crippen LogP contribution in [0.15, 0.2) is 29.2 Å². The van der Waals surface area contributed by atoms with Crippen molar-refractivity contribution in [3.05, 3.63) is 46.2 Å². The molecule has 1 aliphatic rings. The summed E-state index contributed by atoms with van der Waals surface area (Å²) in [4.78, 5) is 8.83. The molecule has 1 atom stereocenters. The normalized spacial score (nSPS) is 17.7. The van der Waals surface area contributed by atoms with Crippen molar-refractivity contribution < 1.29 is 9.13 Å². The summed E-state index contributed by atoms with van der Waals surface area (Å²) in [5.41, 5.74) is 0. The number of benzene rings is 1. The van der Waals surface area contributed by atoms with Crippen LogP contribution in [-0.4, -0.2) is 15.7 Å². The molecule has 1 aromatic heterocycles. The summed E-state index contributed by atoms with van der Waals surface area (Å²) in [6.45, 7) is 0. The predicted octanol–water partition coefficient (Wildman–Crippen LogP) is 4.15. The Morgan fingerprint density at radius 1 is 1.21 bits per heavy atom. The van der Waals surface area contributed by atoms with Crippen LogP contribution in [-0.2, 0) is 0 Å². The van der Waals surface area contributed by atoms with E-state index >= 15 is 0 Å². The maximum Gasteiger partial charge on any atom is 0.197 e. The first-order chi connectivity index (χ1) is 9.15. The maximum absolute atomic E-state index is 13.3. The molecule has 0 saturated heterocycles. The van der Waals surface area contributed by atoms with Crippen LogP contribution in [0.2, 0.25) is 10.3 Å². The third-order valence-electron chi connectivity index (χ3n) is 2.58. The number of ether oxygens (including phenoxy) is 1. The van der Waals surface area contributed by atoms with E-state index in [9.17, 15) is 4.39 Å². The smallest absolute Gasteiger partial charge is 0.197 e. The lowest BCUT2D eigenvalue weighted by molar-refractivity contribution is 0.210. The van der Waals surface area contributed by atoms with Crippen molar-refractivity contribution in [2.75, 3.05) is 5.75 Å². The van der Waals surface area contributed by atoms with Gasteiger partial charge in [-0.15, -0.1) is 11.8 Å². The van der Waals surface area contributed by atoms with Gasteiger partial charge in [0.25, 0.3) is 0 Å². The molecule has 0 aliphatic carbocycles. The van der Waals surface area contributed by atoms with E-state index in [1.807, 2.05) is 24.3 Å². The SMILES string of the molecule is Fc1c(Cl)nc(C2CSc3ccccc3O2)nc1Cl. The van der Waals surface area contributed by atoms with Crippen LogP contribution in [0.25, 0.3) is 0 Å². The van der Waals surface area contributed by atoms with Crippen LogP contribution in [0.3, 0.4) is 0 Å². The van der Waals surface area contributed by atoms with Gasteiger partial charge in [-0.2, -0.15) is 0 Å². The van der Waals surface area contributed by atoms with E-state index in [4.69, 9.17) is 27.9 Å². The minimum Gasteiger partial charge on any atom is -0.480 e. The summed E-state index contributed by atoms with van der Waals surface area (Å²) in [6, 6.07) is 7.66. The van der Waals surface area contributed by atoms with Crippen LogP contribution < -0.4 is 4.74 Å². The number of halogens is 3. The molecule has 1 aliphatic heterocycles. The van der Waals surface area contributed by atoms with Crippen molar-refractivity contribution >= 4 is 35.0 Å². The number of hydrogen-bond donors (Lipinski definition) is 0. The van der Waals surface area contributed by atoms with E-state index in [0.717, 1.165) is 10.6 Å². The van der Waals surface area contributed by atoms with E-state index in [1.165, 1.54) is 0 Å². The Morgan fingerprint density at radius 3 is 2.63 bits per heavy atom. The van der Waals surface area contributed by atoms with Crippen LogP contribution >= 0.6 is 35.0 Å². The Balaban J connectivity index is 1.93. The molecule has 1 aromatic carbocycles. The highest BCUT2D eigenvalue weighted by Gasteiger charge is 2.25. The summed E-state index contributed by atoms with van der Waals surface area (Å²) in [5.74, 6) is 0.855. The Hall–Kier alpha value is -1.04. The van der Waals surface area contributed by atoms with Gasteiger partial charge >= 0.3 is 0 Å². The van der Waals surface area contributed by atoms with Gasteiger partial charge in [0.15, 0.2) is 28.1 Å². The standard InChI is InChI=1S/C12H7Cl2FN2OS/c13-10-9(15)11(14)17-12(16-10)7-5-19-8-4-2-1-3-6(8)18-7/h1-4,7H,5H2. The fourth-order valence-electron chi connectivity index (χ4n) is 1.70. The zero-order chi connectivity index (χ0) is 13.4. The van der Waals surface area contributed by atoms with Crippen molar-refractivity contribution in [2.45, 2.75) is 11.0 Å². The number of rotatable bonds is 1. The van der Waals surface area contributed by atoms with Gasteiger partial charge in [-0.3, -0.25) is 0 Å². The minimum atomic E-state index is -0.809. The second kappa shape index (κ2) is 5.15. The lowest BCUT2D eigenvalue weighted by atomic mass is 10.3. The quantitative estimate of drug-likeness (QED) is 0.740. The molecular weight excluding hydrogens is 310 g/mol. The van der Waals surface area contributed by atoms with Gasteiger partial charge in [0.2, 0.25) is 0 Å². The van der Waals surface area contributed by atoms with Crippen molar-refractivity contribution in [3.63, 3.8) is 0 Å². The molecule has 1 unspecified atom stereocenters. The fraction of sp³-hybridized carbons (Fsp3) is 0.167. The molecule has 3 nitrogen and oxygen atoms in total. The molecule has 3 rings (SSSR count). The molecule has 0 N–H and O–H groups in total. The molecule has 0 amide bonds. The fourth-order valence-corrected chi connectivity index (χ4v) is 3.08. The minimum absolute atomic E-state index is 0.289. The summed E-state index contributed by atoms with van der Waals surface area (Å²) < 4.78 is 19.1. The third kappa shape index (κ3) is 2.50. The van der Waals surface area contributed by atoms with Gasteiger partial charge in [0, 0.05) is 10.6 Å². The highest BCUT2D eigenvalue weighted by Crippen LogP contribution is 2.39. The van der Waals surface area contributed by atoms with Crippen molar-refractivity contribution in [1.29, 1.82) is 0 Å². The molecule has 7 heteroatoms. The van der Waals surface area contributed by atoms with E-state index < -0.39 is 11.9 Å². The summed E-state index contributed by atoms with van der Waals surface area (Å²) in [5, 5.41) is -0.579. The number of hydrogen-bond acceptors (Lipinski definition) is 4. The Morgan fingerprint density at radius 2 is 1.89 bits per heavy atom. The van der Waals surface area contributed by atoms with Crippen molar-refractivity contribution in [3.8, 4) is 5.75 Å². The van der Waals surface area contributed by atoms with Gasteiger partial charge in [-0.05, 0) is 12.1 Å². The lowest BCUT2D eigenvalue weighted by Gasteiger charge is -2.24. The molecule has 0 spiro atoms. The molecular formula is C12H7Cl2FN2OS. The molecule has 0 saturated carbocycles. The second-order valence-electron chi connectivity index (χ2n) is 3.84. The zero-order valence-electron chi connectivity index (χ0n) is 9.44. The largest absolute Gasteiger partial charge is 0.480 e. The van der Waals surface area contributed by atoms with Crippen LogP contribution in [0.5, 0.6) is 5.75 Å². The van der Waals surface area contributed by atoms with Crippen molar-refractivity contribution in [1.82, 2.24) is 9.97 Å². The molecule has 98 valence electrons. The topological polar surface area (TPSA) is 35.0 Å². The van der Waals surface area contributed by atoms with Crippen LogP contribution in [0.1, 0.15) is 11.9 Å². The van der Waals surface area contributed by atoms with E-state index in [0.29, 0.717) is 11.6 Å². The first-order valence-corrected chi connectivity index (χ1v) is 7.16. The Labute approximate surface area is 123 Å². The lowest BCUT2D eigenvalue weighted by Crippen LogP contribution is -2.18. The average Bonchev–Trinajstić information content (AvgIpc) is 2.43. The summed E-state index contributed by atoms with van der Waals surface area (Å²) in [6.07, 6.45) is -0.393. The van der Waals surface area contributed by atoms with Crippen LogP contribution in [0, 0.1) is 5.82 Å². The number of thioether (sulfide) groups is 1. The Kier molecular flexibility index (Phi) is 3.52. The third-order valence-corrected chi connectivity index (χ3v) is 4.20. The first-order valence-electron chi connectivity index (χ1n) is 5.42. The monoisotopic (exact) mass is 316 g/mol. The highest BCUT2D eigenvalue weighted by atomic mass is 35.5. The molecule has 2 heterocycles. The number of fused-ring (bicyclic) bond motifs is 1. The molecule has 0 fully saturated rings. The summed E-state index contributed by atoms with van der Waals surface area (Å²) >= 11 is 13.0. The molecule has 2 aromatic rings. The van der Waals surface area contributed by atoms with Gasteiger partial charge < -0.3 is 4.74 Å². The zero-order valence-corrected chi connectivity index (χ0v) is 11.8. The van der Waals surface area contributed by atoms with Gasteiger partial charge in [0.05, 0.1) is 0 Å². The predicted molar refractivity (Wildman–Crippen MR) is 72.5 cm³/mol. The van der Waals surface area contributed by atoms with E-state index in [1.54, 1.807) is 11.8 Å². The van der Waals surface area contributed by atoms with E-state index in [-0.39, 0.29) is 10.3 Å². The Bertz CT molecular complexity index is 618.